The largest absolute Gasteiger partial charge is 0.309 e. The summed E-state index contributed by atoms with van der Waals surface area (Å²) >= 11 is 1.70. The number of hydrogen-bond donors (Lipinski definition) is 1. The van der Waals surface area contributed by atoms with E-state index < -0.39 is 0 Å². The van der Waals surface area contributed by atoms with Crippen molar-refractivity contribution in [2.24, 2.45) is 0 Å². The van der Waals surface area contributed by atoms with E-state index in [1.807, 2.05) is 19.2 Å². The summed E-state index contributed by atoms with van der Waals surface area (Å²) in [6.45, 7) is 3.87. The van der Waals surface area contributed by atoms with Crippen LogP contribution in [0.4, 0.5) is 4.39 Å². The molecule has 0 saturated heterocycles. The van der Waals surface area contributed by atoms with Gasteiger partial charge in [-0.1, -0.05) is 12.1 Å². The maximum atomic E-state index is 13.6. The summed E-state index contributed by atoms with van der Waals surface area (Å²) < 4.78 is 13.6. The second-order valence-corrected chi connectivity index (χ2v) is 5.15. The Balaban J connectivity index is 2.42. The molecule has 1 aromatic carbocycles. The Labute approximate surface area is 105 Å². The lowest BCUT2D eigenvalue weighted by Crippen LogP contribution is -2.17. The Kier molecular flexibility index (Phi) is 3.60. The third-order valence-corrected chi connectivity index (χ3v) is 4.07. The zero-order chi connectivity index (χ0) is 12.4. The Morgan fingerprint density at radius 1 is 1.18 bits per heavy atom. The number of nitrogens with one attached hydrogen (secondary N) is 1. The van der Waals surface area contributed by atoms with Crippen LogP contribution in [0.15, 0.2) is 29.6 Å². The molecule has 1 heterocycles. The molecular weight excluding hydrogens is 233 g/mol. The molecule has 0 spiro atoms. The van der Waals surface area contributed by atoms with Crippen molar-refractivity contribution in [1.82, 2.24) is 5.32 Å². The first-order valence-electron chi connectivity index (χ1n) is 5.60. The molecule has 3 heteroatoms. The van der Waals surface area contributed by atoms with Crippen molar-refractivity contribution < 1.29 is 4.39 Å². The summed E-state index contributed by atoms with van der Waals surface area (Å²) in [4.78, 5) is 1.25. The molecule has 0 saturated carbocycles. The van der Waals surface area contributed by atoms with E-state index in [4.69, 9.17) is 0 Å². The molecule has 1 unspecified atom stereocenters. The van der Waals surface area contributed by atoms with Gasteiger partial charge in [0.25, 0.3) is 0 Å². The Hall–Kier alpha value is -1.19. The molecule has 2 rings (SSSR count). The van der Waals surface area contributed by atoms with E-state index >= 15 is 0 Å². The first-order valence-corrected chi connectivity index (χ1v) is 6.48. The first kappa shape index (κ1) is 12.3. The zero-order valence-electron chi connectivity index (χ0n) is 10.3. The second-order valence-electron chi connectivity index (χ2n) is 4.20. The van der Waals surface area contributed by atoms with Crippen LogP contribution < -0.4 is 5.32 Å². The summed E-state index contributed by atoms with van der Waals surface area (Å²) in [7, 11) is 1.90. The van der Waals surface area contributed by atoms with Crippen molar-refractivity contribution in [3.63, 3.8) is 0 Å². The molecule has 17 heavy (non-hydrogen) atoms. The maximum absolute atomic E-state index is 13.6. The van der Waals surface area contributed by atoms with E-state index in [9.17, 15) is 4.39 Å². The topological polar surface area (TPSA) is 12.0 Å². The summed E-state index contributed by atoms with van der Waals surface area (Å²) in [5.41, 5.74) is 2.91. The van der Waals surface area contributed by atoms with Gasteiger partial charge in [-0.2, -0.15) is 0 Å². The molecule has 0 amide bonds. The Morgan fingerprint density at radius 3 is 2.47 bits per heavy atom. The summed E-state index contributed by atoms with van der Waals surface area (Å²) in [5.74, 6) is -0.142. The SMILES string of the molecule is CNC(c1ccc(C)c(F)c1)c1sccc1C. The first-order chi connectivity index (χ1) is 8.13. The van der Waals surface area contributed by atoms with Crippen LogP contribution in [-0.4, -0.2) is 7.05 Å². The molecule has 1 N–H and O–H groups in total. The minimum Gasteiger partial charge on any atom is -0.309 e. The van der Waals surface area contributed by atoms with Gasteiger partial charge in [-0.3, -0.25) is 0 Å². The van der Waals surface area contributed by atoms with Gasteiger partial charge in [0.1, 0.15) is 5.82 Å². The van der Waals surface area contributed by atoms with E-state index in [1.54, 1.807) is 24.3 Å². The van der Waals surface area contributed by atoms with Crippen molar-refractivity contribution in [3.05, 3.63) is 57.0 Å². The fourth-order valence-corrected chi connectivity index (χ4v) is 2.98. The van der Waals surface area contributed by atoms with Crippen molar-refractivity contribution in [2.75, 3.05) is 7.05 Å². The van der Waals surface area contributed by atoms with Gasteiger partial charge < -0.3 is 5.32 Å². The number of hydrogen-bond acceptors (Lipinski definition) is 2. The molecule has 0 radical (unpaired) electrons. The van der Waals surface area contributed by atoms with Crippen molar-refractivity contribution in [3.8, 4) is 0 Å². The lowest BCUT2D eigenvalue weighted by molar-refractivity contribution is 0.609. The highest BCUT2D eigenvalue weighted by Crippen LogP contribution is 2.29. The van der Waals surface area contributed by atoms with Gasteiger partial charge in [0.05, 0.1) is 6.04 Å². The molecule has 1 nitrogen and oxygen atoms in total. The predicted molar refractivity (Wildman–Crippen MR) is 71.1 cm³/mol. The van der Waals surface area contributed by atoms with Gasteiger partial charge in [-0.05, 0) is 55.1 Å². The van der Waals surface area contributed by atoms with Crippen LogP contribution in [-0.2, 0) is 0 Å². The molecule has 0 aliphatic heterocycles. The second kappa shape index (κ2) is 4.98. The van der Waals surface area contributed by atoms with Gasteiger partial charge in [-0.15, -0.1) is 11.3 Å². The van der Waals surface area contributed by atoms with E-state index in [2.05, 4.69) is 23.7 Å². The highest BCUT2D eigenvalue weighted by Gasteiger charge is 2.16. The highest BCUT2D eigenvalue weighted by molar-refractivity contribution is 7.10. The van der Waals surface area contributed by atoms with Crippen LogP contribution in [0, 0.1) is 19.7 Å². The zero-order valence-corrected chi connectivity index (χ0v) is 11.1. The van der Waals surface area contributed by atoms with Crippen molar-refractivity contribution in [1.29, 1.82) is 0 Å². The fraction of sp³-hybridized carbons (Fsp3) is 0.286. The predicted octanol–water partition coefficient (Wildman–Crippen LogP) is 3.81. The summed E-state index contributed by atoms with van der Waals surface area (Å²) in [6.07, 6.45) is 0. The fourth-order valence-electron chi connectivity index (χ4n) is 1.92. The van der Waals surface area contributed by atoms with Crippen LogP contribution in [0.2, 0.25) is 0 Å². The van der Waals surface area contributed by atoms with Gasteiger partial charge in [0, 0.05) is 4.88 Å². The number of thiophene rings is 1. The minimum absolute atomic E-state index is 0.0742. The smallest absolute Gasteiger partial charge is 0.126 e. The molecular formula is C14H16FNS. The molecule has 0 bridgehead atoms. The van der Waals surface area contributed by atoms with Crippen LogP contribution in [0.3, 0.4) is 0 Å². The number of rotatable bonds is 3. The summed E-state index contributed by atoms with van der Waals surface area (Å²) in [5, 5.41) is 5.32. The average molecular weight is 249 g/mol. The monoisotopic (exact) mass is 249 g/mol. The van der Waals surface area contributed by atoms with E-state index in [0.717, 1.165) is 5.56 Å². The molecule has 90 valence electrons. The van der Waals surface area contributed by atoms with E-state index in [-0.39, 0.29) is 11.9 Å². The lowest BCUT2D eigenvalue weighted by Gasteiger charge is -2.17. The van der Waals surface area contributed by atoms with E-state index in [0.29, 0.717) is 5.56 Å². The van der Waals surface area contributed by atoms with Crippen LogP contribution in [0.5, 0.6) is 0 Å². The van der Waals surface area contributed by atoms with Crippen LogP contribution in [0.1, 0.15) is 27.6 Å². The number of halogens is 1. The normalized spacial score (nSPS) is 12.7. The number of benzene rings is 1. The lowest BCUT2D eigenvalue weighted by atomic mass is 10.0. The van der Waals surface area contributed by atoms with Gasteiger partial charge in [0.2, 0.25) is 0 Å². The Bertz CT molecular complexity index is 519. The molecule has 1 atom stereocenters. The molecule has 0 fully saturated rings. The molecule has 0 aliphatic rings. The highest BCUT2D eigenvalue weighted by atomic mass is 32.1. The minimum atomic E-state index is -0.142. The quantitative estimate of drug-likeness (QED) is 0.872. The Morgan fingerprint density at radius 2 is 1.94 bits per heavy atom. The molecule has 2 aromatic rings. The van der Waals surface area contributed by atoms with E-state index in [1.165, 1.54) is 10.4 Å². The third-order valence-electron chi connectivity index (χ3n) is 2.98. The van der Waals surface area contributed by atoms with Crippen molar-refractivity contribution >= 4 is 11.3 Å². The summed E-state index contributed by atoms with van der Waals surface area (Å²) in [6, 6.07) is 7.60. The average Bonchev–Trinajstić information content (AvgIpc) is 2.71. The maximum Gasteiger partial charge on any atom is 0.126 e. The third kappa shape index (κ3) is 2.40. The number of aryl methyl sites for hydroxylation is 2. The molecule has 1 aromatic heterocycles. The van der Waals surface area contributed by atoms with Gasteiger partial charge in [-0.25, -0.2) is 4.39 Å². The van der Waals surface area contributed by atoms with Crippen LogP contribution in [0.25, 0.3) is 0 Å². The van der Waals surface area contributed by atoms with Crippen molar-refractivity contribution in [2.45, 2.75) is 19.9 Å². The van der Waals surface area contributed by atoms with Gasteiger partial charge in [0.15, 0.2) is 0 Å². The standard InChI is InChI=1S/C14H16FNS/c1-9-4-5-11(8-12(9)15)13(16-3)14-10(2)6-7-17-14/h4-8,13,16H,1-3H3. The van der Waals surface area contributed by atoms with Crippen LogP contribution >= 0.6 is 11.3 Å². The van der Waals surface area contributed by atoms with Gasteiger partial charge >= 0.3 is 0 Å². The molecule has 0 aliphatic carbocycles.